The minimum atomic E-state index is 0.0259. The quantitative estimate of drug-likeness (QED) is 0.942. The van der Waals surface area contributed by atoms with Crippen molar-refractivity contribution in [3.8, 4) is 0 Å². The first-order chi connectivity index (χ1) is 10.7. The Morgan fingerprint density at radius 3 is 2.91 bits per heavy atom. The number of hydrogen-bond donors (Lipinski definition) is 1. The number of rotatable bonds is 4. The molecule has 0 radical (unpaired) electrons. The number of aryl methyl sites for hydroxylation is 1. The lowest BCUT2D eigenvalue weighted by molar-refractivity contribution is -0.125. The first kappa shape index (κ1) is 14.6. The fourth-order valence-electron chi connectivity index (χ4n) is 2.88. The Morgan fingerprint density at radius 1 is 1.36 bits per heavy atom. The molecular formula is C17H21N3O2. The standard InChI is InChI=1S/C17H21N3O2/c1-13-4-5-16(22-13)11-19-17(21)14-3-2-10-20(12-14)15-6-8-18-9-7-15/h4-9,14H,2-3,10-12H2,1H3,(H,19,21). The molecule has 1 atom stereocenters. The van der Waals surface area contributed by atoms with Crippen LogP contribution in [0.15, 0.2) is 41.1 Å². The van der Waals surface area contributed by atoms with Gasteiger partial charge >= 0.3 is 0 Å². The summed E-state index contributed by atoms with van der Waals surface area (Å²) in [5.74, 6) is 1.80. The molecule has 2 aromatic rings. The summed E-state index contributed by atoms with van der Waals surface area (Å²) in [5.41, 5.74) is 1.13. The molecule has 0 aliphatic carbocycles. The van der Waals surface area contributed by atoms with Gasteiger partial charge in [0.15, 0.2) is 0 Å². The van der Waals surface area contributed by atoms with Crippen LogP contribution in [-0.4, -0.2) is 24.0 Å². The van der Waals surface area contributed by atoms with Crippen LogP contribution in [0.2, 0.25) is 0 Å². The highest BCUT2D eigenvalue weighted by Crippen LogP contribution is 2.22. The number of furan rings is 1. The molecule has 1 N–H and O–H groups in total. The Balaban J connectivity index is 1.56. The van der Waals surface area contributed by atoms with Crippen molar-refractivity contribution >= 4 is 11.6 Å². The summed E-state index contributed by atoms with van der Waals surface area (Å²) < 4.78 is 5.48. The largest absolute Gasteiger partial charge is 0.465 e. The molecule has 116 valence electrons. The van der Waals surface area contributed by atoms with E-state index >= 15 is 0 Å². The van der Waals surface area contributed by atoms with Gasteiger partial charge in [0.2, 0.25) is 5.91 Å². The Bertz CT molecular complexity index is 624. The Morgan fingerprint density at radius 2 is 2.18 bits per heavy atom. The minimum absolute atomic E-state index is 0.0259. The van der Waals surface area contributed by atoms with E-state index < -0.39 is 0 Å². The number of nitrogens with zero attached hydrogens (tertiary/aromatic N) is 2. The number of aromatic nitrogens is 1. The van der Waals surface area contributed by atoms with E-state index in [-0.39, 0.29) is 11.8 Å². The van der Waals surface area contributed by atoms with Crippen molar-refractivity contribution in [2.45, 2.75) is 26.3 Å². The van der Waals surface area contributed by atoms with Gasteiger partial charge in [0.1, 0.15) is 11.5 Å². The molecule has 0 spiro atoms. The molecule has 5 heteroatoms. The molecule has 1 saturated heterocycles. The summed E-state index contributed by atoms with van der Waals surface area (Å²) in [6.07, 6.45) is 5.54. The summed E-state index contributed by atoms with van der Waals surface area (Å²) >= 11 is 0. The monoisotopic (exact) mass is 299 g/mol. The van der Waals surface area contributed by atoms with Gasteiger partial charge in [-0.25, -0.2) is 0 Å². The molecule has 22 heavy (non-hydrogen) atoms. The van der Waals surface area contributed by atoms with Crippen molar-refractivity contribution in [3.63, 3.8) is 0 Å². The average Bonchev–Trinajstić information content (AvgIpc) is 2.99. The first-order valence-corrected chi connectivity index (χ1v) is 7.70. The van der Waals surface area contributed by atoms with E-state index in [9.17, 15) is 4.79 Å². The normalized spacial score (nSPS) is 18.2. The maximum Gasteiger partial charge on any atom is 0.225 e. The van der Waals surface area contributed by atoms with E-state index in [1.807, 2.05) is 31.2 Å². The van der Waals surface area contributed by atoms with E-state index in [1.165, 1.54) is 0 Å². The van der Waals surface area contributed by atoms with Crippen LogP contribution in [0, 0.1) is 12.8 Å². The molecule has 1 aliphatic heterocycles. The lowest BCUT2D eigenvalue weighted by atomic mass is 9.96. The van der Waals surface area contributed by atoms with E-state index in [1.54, 1.807) is 12.4 Å². The van der Waals surface area contributed by atoms with Gasteiger partial charge in [0, 0.05) is 31.2 Å². The number of nitrogens with one attached hydrogen (secondary N) is 1. The number of anilines is 1. The highest BCUT2D eigenvalue weighted by molar-refractivity contribution is 5.79. The second-order valence-corrected chi connectivity index (χ2v) is 5.72. The van der Waals surface area contributed by atoms with E-state index in [2.05, 4.69) is 15.2 Å². The van der Waals surface area contributed by atoms with Crippen LogP contribution >= 0.6 is 0 Å². The van der Waals surface area contributed by atoms with Crippen molar-refractivity contribution in [2.75, 3.05) is 18.0 Å². The van der Waals surface area contributed by atoms with Crippen LogP contribution in [0.4, 0.5) is 5.69 Å². The molecule has 0 aromatic carbocycles. The van der Waals surface area contributed by atoms with Crippen molar-refractivity contribution in [3.05, 3.63) is 48.2 Å². The number of piperidine rings is 1. The lowest BCUT2D eigenvalue weighted by Gasteiger charge is -2.33. The zero-order valence-corrected chi connectivity index (χ0v) is 12.8. The van der Waals surface area contributed by atoms with E-state index in [0.29, 0.717) is 6.54 Å². The van der Waals surface area contributed by atoms with Gasteiger partial charge in [0.25, 0.3) is 0 Å². The van der Waals surface area contributed by atoms with Crippen LogP contribution in [0.25, 0.3) is 0 Å². The van der Waals surface area contributed by atoms with Gasteiger partial charge in [0.05, 0.1) is 12.5 Å². The second kappa shape index (κ2) is 6.64. The number of carbonyl (C=O) groups excluding carboxylic acids is 1. The second-order valence-electron chi connectivity index (χ2n) is 5.72. The molecule has 1 aliphatic rings. The van der Waals surface area contributed by atoms with Gasteiger partial charge < -0.3 is 14.6 Å². The van der Waals surface area contributed by atoms with Crippen molar-refractivity contribution in [1.29, 1.82) is 0 Å². The van der Waals surface area contributed by atoms with Crippen LogP contribution in [0.1, 0.15) is 24.4 Å². The molecule has 0 saturated carbocycles. The maximum absolute atomic E-state index is 12.4. The highest BCUT2D eigenvalue weighted by Gasteiger charge is 2.25. The number of pyridine rings is 1. The summed E-state index contributed by atoms with van der Waals surface area (Å²) in [4.78, 5) is 18.7. The predicted octanol–water partition coefficient (Wildman–Crippen LogP) is 2.52. The van der Waals surface area contributed by atoms with Gasteiger partial charge in [-0.3, -0.25) is 9.78 Å². The summed E-state index contributed by atoms with van der Waals surface area (Å²) in [7, 11) is 0. The fraction of sp³-hybridized carbons (Fsp3) is 0.412. The van der Waals surface area contributed by atoms with E-state index in [0.717, 1.165) is 43.1 Å². The van der Waals surface area contributed by atoms with Crippen LogP contribution in [-0.2, 0) is 11.3 Å². The molecular weight excluding hydrogens is 278 g/mol. The van der Waals surface area contributed by atoms with Gasteiger partial charge in [-0.05, 0) is 44.0 Å². The molecule has 1 fully saturated rings. The molecule has 1 unspecified atom stereocenters. The third kappa shape index (κ3) is 3.47. The van der Waals surface area contributed by atoms with Crippen LogP contribution in [0.3, 0.4) is 0 Å². The smallest absolute Gasteiger partial charge is 0.225 e. The number of amides is 1. The number of carbonyl (C=O) groups is 1. The summed E-state index contributed by atoms with van der Waals surface area (Å²) in [6, 6.07) is 7.80. The summed E-state index contributed by atoms with van der Waals surface area (Å²) in [5, 5.41) is 2.98. The number of hydrogen-bond acceptors (Lipinski definition) is 4. The lowest BCUT2D eigenvalue weighted by Crippen LogP contribution is -2.42. The van der Waals surface area contributed by atoms with Crippen molar-refractivity contribution < 1.29 is 9.21 Å². The zero-order valence-electron chi connectivity index (χ0n) is 12.8. The highest BCUT2D eigenvalue weighted by atomic mass is 16.3. The molecule has 0 bridgehead atoms. The molecule has 3 rings (SSSR count). The van der Waals surface area contributed by atoms with Crippen molar-refractivity contribution in [2.24, 2.45) is 5.92 Å². The Labute approximate surface area is 130 Å². The van der Waals surface area contributed by atoms with Gasteiger partial charge in [-0.1, -0.05) is 0 Å². The third-order valence-corrected chi connectivity index (χ3v) is 4.05. The molecule has 2 aromatic heterocycles. The molecule has 5 nitrogen and oxygen atoms in total. The Hall–Kier alpha value is -2.30. The molecule has 3 heterocycles. The SMILES string of the molecule is Cc1ccc(CNC(=O)C2CCCN(c3ccncc3)C2)o1. The first-order valence-electron chi connectivity index (χ1n) is 7.70. The van der Waals surface area contributed by atoms with Gasteiger partial charge in [-0.15, -0.1) is 0 Å². The molecule has 1 amide bonds. The van der Waals surface area contributed by atoms with Crippen LogP contribution < -0.4 is 10.2 Å². The summed E-state index contributed by atoms with van der Waals surface area (Å²) in [6.45, 7) is 4.11. The predicted molar refractivity (Wildman–Crippen MR) is 84.5 cm³/mol. The van der Waals surface area contributed by atoms with Crippen molar-refractivity contribution in [1.82, 2.24) is 10.3 Å². The Kier molecular flexibility index (Phi) is 4.42. The van der Waals surface area contributed by atoms with E-state index in [4.69, 9.17) is 4.42 Å². The minimum Gasteiger partial charge on any atom is -0.465 e. The maximum atomic E-state index is 12.4. The van der Waals surface area contributed by atoms with Gasteiger partial charge in [-0.2, -0.15) is 0 Å². The average molecular weight is 299 g/mol. The topological polar surface area (TPSA) is 58.4 Å². The zero-order chi connectivity index (χ0) is 15.4. The van der Waals surface area contributed by atoms with Crippen LogP contribution in [0.5, 0.6) is 0 Å². The fourth-order valence-corrected chi connectivity index (χ4v) is 2.88. The third-order valence-electron chi connectivity index (χ3n) is 4.05.